The fraction of sp³-hybridized carbons (Fsp3) is 0.200. The highest BCUT2D eigenvalue weighted by Crippen LogP contribution is 2.38. The third-order valence-corrected chi connectivity index (χ3v) is 4.11. The molecule has 0 heterocycles. The van der Waals surface area contributed by atoms with Crippen LogP contribution >= 0.6 is 34.8 Å². The van der Waals surface area contributed by atoms with E-state index in [0.717, 1.165) is 0 Å². The van der Waals surface area contributed by atoms with E-state index in [9.17, 15) is 4.39 Å². The fourth-order valence-corrected chi connectivity index (χ4v) is 2.95. The Hall–Kier alpha value is -1.00. The number of hydrogen-bond acceptors (Lipinski definition) is 2. The van der Waals surface area contributed by atoms with E-state index < -0.39 is 11.9 Å². The number of rotatable bonds is 4. The first kappa shape index (κ1) is 16.4. The van der Waals surface area contributed by atoms with Crippen molar-refractivity contribution >= 4 is 34.8 Å². The average Bonchev–Trinajstić information content (AvgIpc) is 2.45. The number of halogens is 4. The molecule has 0 amide bonds. The predicted molar refractivity (Wildman–Crippen MR) is 85.3 cm³/mol. The van der Waals surface area contributed by atoms with Gasteiger partial charge in [-0.25, -0.2) is 4.39 Å². The third-order valence-electron chi connectivity index (χ3n) is 3.16. The van der Waals surface area contributed by atoms with Crippen molar-refractivity contribution in [2.24, 2.45) is 0 Å². The van der Waals surface area contributed by atoms with Crippen molar-refractivity contribution in [2.75, 3.05) is 14.2 Å². The second kappa shape index (κ2) is 6.84. The van der Waals surface area contributed by atoms with Gasteiger partial charge < -0.3 is 10.1 Å². The summed E-state index contributed by atoms with van der Waals surface area (Å²) in [6.07, 6.45) is 0. The van der Waals surface area contributed by atoms with Crippen LogP contribution in [-0.2, 0) is 0 Å². The van der Waals surface area contributed by atoms with Crippen molar-refractivity contribution in [3.63, 3.8) is 0 Å². The van der Waals surface area contributed by atoms with Crippen LogP contribution in [0.15, 0.2) is 30.3 Å². The number of ether oxygens (including phenoxy) is 1. The van der Waals surface area contributed by atoms with Gasteiger partial charge in [0.15, 0.2) is 0 Å². The molecule has 2 nitrogen and oxygen atoms in total. The molecule has 0 bridgehead atoms. The van der Waals surface area contributed by atoms with Crippen molar-refractivity contribution in [1.29, 1.82) is 0 Å². The second-order valence-electron chi connectivity index (χ2n) is 4.37. The molecule has 0 saturated carbocycles. The second-order valence-corrected chi connectivity index (χ2v) is 5.59. The van der Waals surface area contributed by atoms with Crippen LogP contribution in [0.3, 0.4) is 0 Å². The summed E-state index contributed by atoms with van der Waals surface area (Å²) in [5, 5.41) is 4.14. The van der Waals surface area contributed by atoms with Crippen molar-refractivity contribution in [2.45, 2.75) is 6.04 Å². The van der Waals surface area contributed by atoms with Gasteiger partial charge in [0, 0.05) is 21.7 Å². The molecule has 1 N–H and O–H groups in total. The smallest absolute Gasteiger partial charge is 0.138 e. The molecule has 112 valence electrons. The van der Waals surface area contributed by atoms with Crippen LogP contribution in [0.5, 0.6) is 5.75 Å². The van der Waals surface area contributed by atoms with Gasteiger partial charge in [-0.1, -0.05) is 40.9 Å². The largest absolute Gasteiger partial charge is 0.495 e. The molecule has 0 aliphatic heterocycles. The van der Waals surface area contributed by atoms with E-state index in [-0.39, 0.29) is 0 Å². The van der Waals surface area contributed by atoms with Gasteiger partial charge in [0.05, 0.1) is 18.2 Å². The molecular formula is C15H13Cl3FNO. The maximum absolute atomic E-state index is 14.1. The van der Waals surface area contributed by atoms with Crippen LogP contribution in [0.2, 0.25) is 15.1 Å². The molecule has 2 aromatic carbocycles. The van der Waals surface area contributed by atoms with Crippen LogP contribution in [0, 0.1) is 5.82 Å². The van der Waals surface area contributed by atoms with Crippen LogP contribution < -0.4 is 10.1 Å². The highest BCUT2D eigenvalue weighted by atomic mass is 35.5. The zero-order valence-electron chi connectivity index (χ0n) is 11.4. The van der Waals surface area contributed by atoms with Crippen LogP contribution in [0.4, 0.5) is 4.39 Å². The third kappa shape index (κ3) is 3.27. The molecule has 1 unspecified atom stereocenters. The summed E-state index contributed by atoms with van der Waals surface area (Å²) in [4.78, 5) is 0. The Morgan fingerprint density at radius 3 is 2.38 bits per heavy atom. The van der Waals surface area contributed by atoms with Gasteiger partial charge in [0.25, 0.3) is 0 Å². The summed E-state index contributed by atoms with van der Waals surface area (Å²) >= 11 is 18.5. The Morgan fingerprint density at radius 1 is 1.10 bits per heavy atom. The molecule has 0 aromatic heterocycles. The minimum Gasteiger partial charge on any atom is -0.495 e. The molecule has 0 radical (unpaired) electrons. The lowest BCUT2D eigenvalue weighted by molar-refractivity contribution is 0.414. The predicted octanol–water partition coefficient (Wildman–Crippen LogP) is 5.10. The number of methoxy groups -OCH3 is 1. The molecule has 0 fully saturated rings. The normalized spacial score (nSPS) is 12.3. The molecule has 0 saturated heterocycles. The Balaban J connectivity index is 2.60. The molecule has 2 aromatic rings. The zero-order chi connectivity index (χ0) is 15.6. The molecule has 0 spiro atoms. The molecule has 0 aliphatic carbocycles. The van der Waals surface area contributed by atoms with Gasteiger partial charge in [-0.3, -0.25) is 0 Å². The highest BCUT2D eigenvalue weighted by Gasteiger charge is 2.23. The Bertz CT molecular complexity index is 643. The van der Waals surface area contributed by atoms with E-state index in [2.05, 4.69) is 5.32 Å². The number of benzene rings is 2. The summed E-state index contributed by atoms with van der Waals surface area (Å²) in [6, 6.07) is 7.25. The van der Waals surface area contributed by atoms with Gasteiger partial charge in [-0.05, 0) is 30.8 Å². The van der Waals surface area contributed by atoms with E-state index in [1.165, 1.54) is 13.2 Å². The van der Waals surface area contributed by atoms with E-state index in [4.69, 9.17) is 39.5 Å². The Labute approximate surface area is 137 Å². The Morgan fingerprint density at radius 2 is 1.81 bits per heavy atom. The maximum Gasteiger partial charge on any atom is 0.138 e. The standard InChI is InChI=1S/C15H13Cl3FNO/c1-20-15(14-9(16)4-3-5-12(14)19)8-6-11(18)13(21-2)7-10(8)17/h3-7,15,20H,1-2H3. The summed E-state index contributed by atoms with van der Waals surface area (Å²) in [5.74, 6) is 0.0461. The van der Waals surface area contributed by atoms with Crippen LogP contribution in [-0.4, -0.2) is 14.2 Å². The van der Waals surface area contributed by atoms with E-state index >= 15 is 0 Å². The summed E-state index contributed by atoms with van der Waals surface area (Å²) < 4.78 is 19.2. The summed E-state index contributed by atoms with van der Waals surface area (Å²) in [5.41, 5.74) is 0.946. The van der Waals surface area contributed by atoms with Gasteiger partial charge in [0.1, 0.15) is 11.6 Å². The minimum absolute atomic E-state index is 0.317. The SMILES string of the molecule is CNC(c1cc(Cl)c(OC)cc1Cl)c1c(F)cccc1Cl. The molecule has 2 rings (SSSR count). The van der Waals surface area contributed by atoms with Crippen molar-refractivity contribution < 1.29 is 9.13 Å². The summed E-state index contributed by atoms with van der Waals surface area (Å²) in [7, 11) is 3.20. The van der Waals surface area contributed by atoms with Gasteiger partial charge in [-0.15, -0.1) is 0 Å². The first-order valence-electron chi connectivity index (χ1n) is 6.13. The first-order valence-corrected chi connectivity index (χ1v) is 7.27. The fourth-order valence-electron chi connectivity index (χ4n) is 2.16. The van der Waals surface area contributed by atoms with Crippen molar-refractivity contribution in [3.05, 3.63) is 62.3 Å². The minimum atomic E-state index is -0.519. The molecule has 1 atom stereocenters. The molecular weight excluding hydrogens is 336 g/mol. The molecule has 21 heavy (non-hydrogen) atoms. The van der Waals surface area contributed by atoms with Gasteiger partial charge in [0.2, 0.25) is 0 Å². The number of hydrogen-bond donors (Lipinski definition) is 1. The lowest BCUT2D eigenvalue weighted by Gasteiger charge is -2.21. The van der Waals surface area contributed by atoms with Crippen LogP contribution in [0.1, 0.15) is 17.2 Å². The van der Waals surface area contributed by atoms with Gasteiger partial charge in [-0.2, -0.15) is 0 Å². The van der Waals surface area contributed by atoms with Crippen LogP contribution in [0.25, 0.3) is 0 Å². The number of nitrogens with one attached hydrogen (secondary N) is 1. The summed E-state index contributed by atoms with van der Waals surface area (Å²) in [6.45, 7) is 0. The molecule has 6 heteroatoms. The lowest BCUT2D eigenvalue weighted by Crippen LogP contribution is -2.20. The zero-order valence-corrected chi connectivity index (χ0v) is 13.7. The van der Waals surface area contributed by atoms with E-state index in [1.807, 2.05) is 0 Å². The Kier molecular flexibility index (Phi) is 5.33. The highest BCUT2D eigenvalue weighted by molar-refractivity contribution is 6.35. The van der Waals surface area contributed by atoms with Gasteiger partial charge >= 0.3 is 0 Å². The topological polar surface area (TPSA) is 21.3 Å². The quantitative estimate of drug-likeness (QED) is 0.829. The monoisotopic (exact) mass is 347 g/mol. The van der Waals surface area contributed by atoms with E-state index in [1.54, 1.807) is 31.3 Å². The lowest BCUT2D eigenvalue weighted by atomic mass is 9.98. The first-order chi connectivity index (χ1) is 9.99. The van der Waals surface area contributed by atoms with Crippen molar-refractivity contribution in [1.82, 2.24) is 5.32 Å². The molecule has 0 aliphatic rings. The average molecular weight is 349 g/mol. The van der Waals surface area contributed by atoms with E-state index in [0.29, 0.717) is 31.9 Å². The maximum atomic E-state index is 14.1. The van der Waals surface area contributed by atoms with Crippen molar-refractivity contribution in [3.8, 4) is 5.75 Å².